The third-order valence-electron chi connectivity index (χ3n) is 4.15. The highest BCUT2D eigenvalue weighted by molar-refractivity contribution is 8.00. The van der Waals surface area contributed by atoms with Crippen molar-refractivity contribution in [3.05, 3.63) is 21.9 Å². The number of thiophene rings is 1. The molecule has 6 heteroatoms. The molecule has 2 rings (SSSR count). The normalized spacial score (nSPS) is 18.0. The predicted molar refractivity (Wildman–Crippen MR) is 103 cm³/mol. The minimum absolute atomic E-state index is 0.281. The van der Waals surface area contributed by atoms with E-state index in [2.05, 4.69) is 41.6 Å². The van der Waals surface area contributed by atoms with Gasteiger partial charge in [0.2, 0.25) is 0 Å². The Morgan fingerprint density at radius 1 is 1.26 bits per heavy atom. The van der Waals surface area contributed by atoms with Gasteiger partial charge in [0.25, 0.3) is 0 Å². The molecule has 2 heterocycles. The molecule has 0 aromatic carbocycles. The van der Waals surface area contributed by atoms with Gasteiger partial charge in [-0.3, -0.25) is 4.99 Å². The van der Waals surface area contributed by atoms with Crippen molar-refractivity contribution in [1.29, 1.82) is 0 Å². The molecule has 0 bridgehead atoms. The number of thioether (sulfide) groups is 1. The second-order valence-electron chi connectivity index (χ2n) is 5.73. The lowest BCUT2D eigenvalue weighted by Crippen LogP contribution is -2.47. The number of hydrogen-bond donors (Lipinski definition) is 2. The monoisotopic (exact) mass is 355 g/mol. The maximum absolute atomic E-state index is 5.54. The lowest BCUT2D eigenvalue weighted by atomic mass is 9.99. The summed E-state index contributed by atoms with van der Waals surface area (Å²) < 4.78 is 5.82. The molecule has 23 heavy (non-hydrogen) atoms. The zero-order valence-corrected chi connectivity index (χ0v) is 16.1. The Balaban J connectivity index is 1.83. The standard InChI is InChI=1S/C17H29N3OS2/c1-4-14-6-7-15(23-14)12-19-16(18-3)20-13-17(22-5-2)8-10-21-11-9-17/h6-7H,4-5,8-13H2,1-3H3,(H2,18,19,20). The first-order valence-electron chi connectivity index (χ1n) is 8.45. The van der Waals surface area contributed by atoms with E-state index in [9.17, 15) is 0 Å². The van der Waals surface area contributed by atoms with Crippen LogP contribution in [0.4, 0.5) is 0 Å². The predicted octanol–water partition coefficient (Wildman–Crippen LogP) is 3.28. The molecule has 2 N–H and O–H groups in total. The summed E-state index contributed by atoms with van der Waals surface area (Å²) in [5.74, 6) is 2.03. The smallest absolute Gasteiger partial charge is 0.191 e. The van der Waals surface area contributed by atoms with E-state index >= 15 is 0 Å². The molecular formula is C17H29N3OS2. The number of nitrogens with zero attached hydrogens (tertiary/aromatic N) is 1. The molecule has 1 aromatic rings. The molecule has 1 aromatic heterocycles. The zero-order valence-electron chi connectivity index (χ0n) is 14.5. The average Bonchev–Trinajstić information content (AvgIpc) is 3.04. The fourth-order valence-corrected chi connectivity index (χ4v) is 4.90. The summed E-state index contributed by atoms with van der Waals surface area (Å²) in [6, 6.07) is 4.42. The van der Waals surface area contributed by atoms with Crippen LogP contribution in [0.5, 0.6) is 0 Å². The Morgan fingerprint density at radius 3 is 2.61 bits per heavy atom. The Kier molecular flexibility index (Phi) is 7.73. The molecule has 1 fully saturated rings. The van der Waals surface area contributed by atoms with Gasteiger partial charge in [0, 0.05) is 41.3 Å². The summed E-state index contributed by atoms with van der Waals surface area (Å²) in [6.07, 6.45) is 3.33. The van der Waals surface area contributed by atoms with E-state index in [4.69, 9.17) is 4.74 Å². The molecule has 1 aliphatic rings. The fraction of sp³-hybridized carbons (Fsp3) is 0.706. The largest absolute Gasteiger partial charge is 0.381 e. The van der Waals surface area contributed by atoms with Crippen molar-refractivity contribution in [1.82, 2.24) is 10.6 Å². The summed E-state index contributed by atoms with van der Waals surface area (Å²) in [5, 5.41) is 6.95. The first-order chi connectivity index (χ1) is 11.2. The van der Waals surface area contributed by atoms with Crippen LogP contribution in [-0.2, 0) is 17.7 Å². The molecule has 0 unspecified atom stereocenters. The van der Waals surface area contributed by atoms with Gasteiger partial charge in [0.15, 0.2) is 5.96 Å². The van der Waals surface area contributed by atoms with Crippen molar-refractivity contribution >= 4 is 29.1 Å². The highest BCUT2D eigenvalue weighted by atomic mass is 32.2. The van der Waals surface area contributed by atoms with E-state index in [0.717, 1.165) is 57.3 Å². The first kappa shape index (κ1) is 18.6. The van der Waals surface area contributed by atoms with Crippen LogP contribution in [0, 0.1) is 0 Å². The van der Waals surface area contributed by atoms with E-state index in [1.165, 1.54) is 9.75 Å². The van der Waals surface area contributed by atoms with Crippen molar-refractivity contribution in [3.8, 4) is 0 Å². The van der Waals surface area contributed by atoms with Crippen molar-refractivity contribution in [2.24, 2.45) is 4.99 Å². The SMILES string of the molecule is CCSC1(CNC(=NC)NCc2ccc(CC)s2)CCOCC1. The van der Waals surface area contributed by atoms with Crippen molar-refractivity contribution in [2.75, 3.05) is 32.6 Å². The average molecular weight is 356 g/mol. The van der Waals surface area contributed by atoms with Gasteiger partial charge in [-0.05, 0) is 37.1 Å². The number of rotatable bonds is 7. The molecule has 0 radical (unpaired) electrons. The number of ether oxygens (including phenoxy) is 1. The van der Waals surface area contributed by atoms with Crippen LogP contribution < -0.4 is 10.6 Å². The van der Waals surface area contributed by atoms with Gasteiger partial charge in [0.05, 0.1) is 6.54 Å². The summed E-state index contributed by atoms with van der Waals surface area (Å²) >= 11 is 3.92. The van der Waals surface area contributed by atoms with Crippen LogP contribution in [0.25, 0.3) is 0 Å². The second kappa shape index (κ2) is 9.55. The third-order valence-corrected chi connectivity index (χ3v) is 6.84. The van der Waals surface area contributed by atoms with E-state index in [1.807, 2.05) is 30.1 Å². The molecule has 0 aliphatic carbocycles. The Hall–Kier alpha value is -0.720. The summed E-state index contributed by atoms with van der Waals surface area (Å²) in [4.78, 5) is 7.15. The Morgan fingerprint density at radius 2 is 2.00 bits per heavy atom. The summed E-state index contributed by atoms with van der Waals surface area (Å²) in [7, 11) is 1.84. The van der Waals surface area contributed by atoms with Crippen LogP contribution in [-0.4, -0.2) is 43.3 Å². The lowest BCUT2D eigenvalue weighted by Gasteiger charge is -2.37. The van der Waals surface area contributed by atoms with Gasteiger partial charge in [-0.1, -0.05) is 13.8 Å². The first-order valence-corrected chi connectivity index (χ1v) is 10.3. The minimum Gasteiger partial charge on any atom is -0.381 e. The molecule has 1 saturated heterocycles. The van der Waals surface area contributed by atoms with Crippen molar-refractivity contribution in [2.45, 2.75) is 44.4 Å². The maximum atomic E-state index is 5.54. The van der Waals surface area contributed by atoms with E-state index < -0.39 is 0 Å². The highest BCUT2D eigenvalue weighted by Gasteiger charge is 2.32. The molecule has 4 nitrogen and oxygen atoms in total. The number of hydrogen-bond acceptors (Lipinski definition) is 4. The number of aliphatic imine (C=N–C) groups is 1. The number of aryl methyl sites for hydroxylation is 1. The van der Waals surface area contributed by atoms with Crippen molar-refractivity contribution in [3.63, 3.8) is 0 Å². The van der Waals surface area contributed by atoms with E-state index in [0.29, 0.717) is 0 Å². The van der Waals surface area contributed by atoms with Crippen LogP contribution in [0.3, 0.4) is 0 Å². The fourth-order valence-electron chi connectivity index (χ4n) is 2.77. The summed E-state index contributed by atoms with van der Waals surface area (Å²) in [5.41, 5.74) is 0. The molecular weight excluding hydrogens is 326 g/mol. The molecule has 0 atom stereocenters. The van der Waals surface area contributed by atoms with Gasteiger partial charge < -0.3 is 15.4 Å². The van der Waals surface area contributed by atoms with Gasteiger partial charge in [-0.25, -0.2) is 0 Å². The quantitative estimate of drug-likeness (QED) is 0.582. The summed E-state index contributed by atoms with van der Waals surface area (Å²) in [6.45, 7) is 7.95. The number of guanidine groups is 1. The highest BCUT2D eigenvalue weighted by Crippen LogP contribution is 2.34. The van der Waals surface area contributed by atoms with Crippen molar-refractivity contribution < 1.29 is 4.74 Å². The third kappa shape index (κ3) is 5.69. The molecule has 0 spiro atoms. The Labute approximate surface area is 148 Å². The van der Waals surface area contributed by atoms with E-state index in [-0.39, 0.29) is 4.75 Å². The second-order valence-corrected chi connectivity index (χ2v) is 8.71. The van der Waals surface area contributed by atoms with Crippen LogP contribution in [0.1, 0.15) is 36.4 Å². The maximum Gasteiger partial charge on any atom is 0.191 e. The zero-order chi connectivity index (χ0) is 16.5. The molecule has 130 valence electrons. The van der Waals surface area contributed by atoms with Crippen LogP contribution in [0.2, 0.25) is 0 Å². The van der Waals surface area contributed by atoms with Gasteiger partial charge in [0.1, 0.15) is 0 Å². The minimum atomic E-state index is 0.281. The van der Waals surface area contributed by atoms with Gasteiger partial charge in [-0.2, -0.15) is 11.8 Å². The van der Waals surface area contributed by atoms with Crippen LogP contribution in [0.15, 0.2) is 17.1 Å². The van der Waals surface area contributed by atoms with E-state index in [1.54, 1.807) is 0 Å². The number of nitrogens with one attached hydrogen (secondary N) is 2. The van der Waals surface area contributed by atoms with Gasteiger partial charge >= 0.3 is 0 Å². The van der Waals surface area contributed by atoms with Gasteiger partial charge in [-0.15, -0.1) is 11.3 Å². The molecule has 1 aliphatic heterocycles. The topological polar surface area (TPSA) is 45.7 Å². The Bertz CT molecular complexity index is 490. The molecule has 0 amide bonds. The molecule has 0 saturated carbocycles. The lowest BCUT2D eigenvalue weighted by molar-refractivity contribution is 0.0782. The van der Waals surface area contributed by atoms with Crippen LogP contribution >= 0.6 is 23.1 Å².